The van der Waals surface area contributed by atoms with Crippen molar-refractivity contribution >= 4 is 50.5 Å². The quantitative estimate of drug-likeness (QED) is 0.766. The van der Waals surface area contributed by atoms with E-state index >= 15 is 0 Å². The first-order valence-corrected chi connectivity index (χ1v) is 8.01. The molecule has 3 heterocycles. The van der Waals surface area contributed by atoms with Crippen LogP contribution in [0.25, 0.3) is 10.2 Å². The van der Waals surface area contributed by atoms with Crippen LogP contribution in [0.3, 0.4) is 0 Å². The molecule has 2 N–H and O–H groups in total. The van der Waals surface area contributed by atoms with E-state index in [1.165, 1.54) is 11.3 Å². The third-order valence-corrected chi connectivity index (χ3v) is 5.35. The van der Waals surface area contributed by atoms with Gasteiger partial charge >= 0.3 is 5.97 Å². The number of aryl methyl sites for hydroxylation is 1. The van der Waals surface area contributed by atoms with Crippen LogP contribution in [0.4, 0.5) is 0 Å². The number of rotatable bonds is 3. The van der Waals surface area contributed by atoms with Crippen LogP contribution in [0.2, 0.25) is 4.34 Å². The summed E-state index contributed by atoms with van der Waals surface area (Å²) in [4.78, 5) is 31.0. The molecule has 0 saturated heterocycles. The molecule has 21 heavy (non-hydrogen) atoms. The molecule has 0 unspecified atom stereocenters. The number of hydrogen-bond donors (Lipinski definition) is 2. The lowest BCUT2D eigenvalue weighted by molar-refractivity contribution is 0.0701. The van der Waals surface area contributed by atoms with Crippen LogP contribution in [0.5, 0.6) is 0 Å². The summed E-state index contributed by atoms with van der Waals surface area (Å²) in [6.07, 6.45) is 0.452. The topological polar surface area (TPSA) is 83.0 Å². The second-order valence-corrected chi connectivity index (χ2v) is 7.03. The van der Waals surface area contributed by atoms with E-state index in [0.717, 1.165) is 16.9 Å². The number of nitrogens with one attached hydrogen (secondary N) is 1. The van der Waals surface area contributed by atoms with Gasteiger partial charge in [0.25, 0.3) is 5.56 Å². The lowest BCUT2D eigenvalue weighted by Gasteiger charge is -1.99. The zero-order valence-electron chi connectivity index (χ0n) is 10.8. The van der Waals surface area contributed by atoms with Gasteiger partial charge in [0.2, 0.25) is 0 Å². The fourth-order valence-electron chi connectivity index (χ4n) is 2.11. The van der Waals surface area contributed by atoms with Gasteiger partial charge in [-0.15, -0.1) is 22.7 Å². The Hall–Kier alpha value is -1.70. The number of aromatic nitrogens is 2. The van der Waals surface area contributed by atoms with Crippen molar-refractivity contribution in [3.63, 3.8) is 0 Å². The molecule has 3 rings (SSSR count). The van der Waals surface area contributed by atoms with Crippen LogP contribution >= 0.6 is 34.3 Å². The Morgan fingerprint density at radius 3 is 2.90 bits per heavy atom. The predicted octanol–water partition coefficient (Wildman–Crippen LogP) is 3.30. The molecule has 0 fully saturated rings. The van der Waals surface area contributed by atoms with Gasteiger partial charge in [-0.3, -0.25) is 4.79 Å². The molecule has 0 atom stereocenters. The first kappa shape index (κ1) is 14.2. The number of aromatic amines is 1. The number of aromatic carboxylic acids is 1. The van der Waals surface area contributed by atoms with Crippen molar-refractivity contribution in [2.75, 3.05) is 0 Å². The third kappa shape index (κ3) is 2.59. The van der Waals surface area contributed by atoms with Gasteiger partial charge in [-0.25, -0.2) is 9.78 Å². The van der Waals surface area contributed by atoms with E-state index in [-0.39, 0.29) is 10.4 Å². The number of fused-ring (bicyclic) bond motifs is 1. The third-order valence-electron chi connectivity index (χ3n) is 3.04. The van der Waals surface area contributed by atoms with Gasteiger partial charge in [0.05, 0.1) is 9.72 Å². The second-order valence-electron chi connectivity index (χ2n) is 4.49. The number of H-pyrrole nitrogens is 1. The van der Waals surface area contributed by atoms with E-state index in [9.17, 15) is 9.59 Å². The van der Waals surface area contributed by atoms with Crippen LogP contribution < -0.4 is 5.56 Å². The molecule has 0 radical (unpaired) electrons. The maximum atomic E-state index is 12.1. The smallest absolute Gasteiger partial charge is 0.346 e. The Morgan fingerprint density at radius 1 is 1.52 bits per heavy atom. The normalized spacial score (nSPS) is 11.1. The van der Waals surface area contributed by atoms with Crippen molar-refractivity contribution in [3.05, 3.63) is 48.0 Å². The predicted molar refractivity (Wildman–Crippen MR) is 84.1 cm³/mol. The lowest BCUT2D eigenvalue weighted by atomic mass is 10.2. The monoisotopic (exact) mass is 340 g/mol. The van der Waals surface area contributed by atoms with Crippen molar-refractivity contribution in [2.45, 2.75) is 13.3 Å². The van der Waals surface area contributed by atoms with Gasteiger partial charge in [0, 0.05) is 6.42 Å². The maximum Gasteiger partial charge on any atom is 0.346 e. The van der Waals surface area contributed by atoms with E-state index in [0.29, 0.717) is 32.4 Å². The van der Waals surface area contributed by atoms with Gasteiger partial charge < -0.3 is 10.1 Å². The number of thiophene rings is 2. The molecular formula is C13H9ClN2O3S2. The van der Waals surface area contributed by atoms with Crippen molar-refractivity contribution < 1.29 is 9.90 Å². The minimum Gasteiger partial charge on any atom is -0.477 e. The SMILES string of the molecule is Cc1c(C(=O)O)sc2nc(Cc3csc(Cl)c3)[nH]c(=O)c12. The molecule has 0 spiro atoms. The Balaban J connectivity index is 2.10. The lowest BCUT2D eigenvalue weighted by Crippen LogP contribution is -2.11. The number of carbonyl (C=O) groups is 1. The maximum absolute atomic E-state index is 12.1. The molecular weight excluding hydrogens is 332 g/mol. The van der Waals surface area contributed by atoms with E-state index < -0.39 is 5.97 Å². The molecule has 3 aromatic rings. The van der Waals surface area contributed by atoms with E-state index in [2.05, 4.69) is 9.97 Å². The van der Waals surface area contributed by atoms with Gasteiger partial charge in [-0.2, -0.15) is 0 Å². The summed E-state index contributed by atoms with van der Waals surface area (Å²) in [5.41, 5.74) is 1.11. The number of nitrogens with zero attached hydrogens (tertiary/aromatic N) is 1. The Kier molecular flexibility index (Phi) is 3.56. The molecule has 8 heteroatoms. The minimum atomic E-state index is -1.04. The van der Waals surface area contributed by atoms with Gasteiger partial charge in [-0.1, -0.05) is 11.6 Å². The summed E-state index contributed by atoms with van der Waals surface area (Å²) >= 11 is 8.31. The number of halogens is 1. The van der Waals surface area contributed by atoms with E-state index in [4.69, 9.17) is 16.7 Å². The highest BCUT2D eigenvalue weighted by Crippen LogP contribution is 2.27. The highest BCUT2D eigenvalue weighted by molar-refractivity contribution is 7.20. The highest BCUT2D eigenvalue weighted by atomic mass is 35.5. The summed E-state index contributed by atoms with van der Waals surface area (Å²) in [6.45, 7) is 1.62. The second kappa shape index (κ2) is 5.25. The summed E-state index contributed by atoms with van der Waals surface area (Å²) in [7, 11) is 0. The molecule has 0 saturated carbocycles. The zero-order valence-corrected chi connectivity index (χ0v) is 13.2. The van der Waals surface area contributed by atoms with Crippen molar-refractivity contribution in [2.24, 2.45) is 0 Å². The van der Waals surface area contributed by atoms with Crippen LogP contribution in [0, 0.1) is 6.92 Å². The molecule has 0 bridgehead atoms. The van der Waals surface area contributed by atoms with Crippen molar-refractivity contribution in [1.82, 2.24) is 9.97 Å². The van der Waals surface area contributed by atoms with Gasteiger partial charge in [0.1, 0.15) is 15.5 Å². The Morgan fingerprint density at radius 2 is 2.29 bits per heavy atom. The van der Waals surface area contributed by atoms with Crippen LogP contribution in [0.1, 0.15) is 26.6 Å². The highest BCUT2D eigenvalue weighted by Gasteiger charge is 2.18. The molecule has 0 aliphatic carbocycles. The van der Waals surface area contributed by atoms with E-state index in [1.807, 2.05) is 11.4 Å². The first-order chi connectivity index (χ1) is 9.95. The Bertz CT molecular complexity index is 910. The molecule has 3 aromatic heterocycles. The molecule has 0 aromatic carbocycles. The largest absolute Gasteiger partial charge is 0.477 e. The van der Waals surface area contributed by atoms with Crippen LogP contribution in [0.15, 0.2) is 16.2 Å². The average molecular weight is 341 g/mol. The number of carboxylic acid groups (broad SMARTS) is 1. The summed E-state index contributed by atoms with van der Waals surface area (Å²) < 4.78 is 0.675. The minimum absolute atomic E-state index is 0.152. The molecule has 5 nitrogen and oxygen atoms in total. The summed E-state index contributed by atoms with van der Waals surface area (Å²) in [6, 6.07) is 1.82. The van der Waals surface area contributed by atoms with Gasteiger partial charge in [-0.05, 0) is 29.5 Å². The average Bonchev–Trinajstić information content (AvgIpc) is 2.94. The molecule has 0 amide bonds. The molecule has 108 valence electrons. The molecule has 0 aliphatic rings. The number of carboxylic acids is 1. The van der Waals surface area contributed by atoms with Crippen molar-refractivity contribution in [1.29, 1.82) is 0 Å². The Labute approximate surface area is 131 Å². The zero-order chi connectivity index (χ0) is 15.1. The summed E-state index contributed by atoms with van der Waals surface area (Å²) in [5.74, 6) is -0.541. The summed E-state index contributed by atoms with van der Waals surface area (Å²) in [5, 5.41) is 11.4. The van der Waals surface area contributed by atoms with Crippen LogP contribution in [-0.2, 0) is 6.42 Å². The fourth-order valence-corrected chi connectivity index (χ4v) is 4.06. The van der Waals surface area contributed by atoms with Gasteiger partial charge in [0.15, 0.2) is 0 Å². The molecule has 0 aliphatic heterocycles. The first-order valence-electron chi connectivity index (χ1n) is 5.94. The fraction of sp³-hybridized carbons (Fsp3) is 0.154. The van der Waals surface area contributed by atoms with Crippen molar-refractivity contribution in [3.8, 4) is 0 Å². The standard InChI is InChI=1S/C13H9ClN2O3S2/c1-5-9-11(17)15-8(3-6-2-7(14)20-4-6)16-12(9)21-10(5)13(18)19/h2,4H,3H2,1H3,(H,18,19)(H,15,16,17). The van der Waals surface area contributed by atoms with Crippen LogP contribution in [-0.4, -0.2) is 21.0 Å². The number of hydrogen-bond acceptors (Lipinski definition) is 5. The van der Waals surface area contributed by atoms with E-state index in [1.54, 1.807) is 6.92 Å².